The summed E-state index contributed by atoms with van der Waals surface area (Å²) in [6, 6.07) is 8.13. The maximum atomic E-state index is 13.1. The minimum atomic E-state index is -3.98. The molecule has 0 saturated carbocycles. The van der Waals surface area contributed by atoms with E-state index in [2.05, 4.69) is 10.0 Å². The molecule has 1 atom stereocenters. The SMILES string of the molecule is COc1ccc(S(=O)(=O)N[C@@H](C)C(=O)Nc2cccc(F)c2)cc1Cl. The van der Waals surface area contributed by atoms with Crippen molar-refractivity contribution in [3.8, 4) is 5.75 Å². The molecule has 2 aromatic carbocycles. The van der Waals surface area contributed by atoms with Crippen LogP contribution in [0.3, 0.4) is 0 Å². The fourth-order valence-electron chi connectivity index (χ4n) is 1.99. The largest absolute Gasteiger partial charge is 0.495 e. The topological polar surface area (TPSA) is 84.5 Å². The number of anilines is 1. The number of nitrogens with one attached hydrogen (secondary N) is 2. The average molecular weight is 387 g/mol. The molecular weight excluding hydrogens is 371 g/mol. The molecule has 2 rings (SSSR count). The number of carbonyl (C=O) groups is 1. The third-order valence-electron chi connectivity index (χ3n) is 3.25. The lowest BCUT2D eigenvalue weighted by Gasteiger charge is -2.15. The molecule has 0 aliphatic rings. The van der Waals surface area contributed by atoms with Crippen LogP contribution < -0.4 is 14.8 Å². The standard InChI is InChI=1S/C16H16ClFN2O4S/c1-10(16(21)19-12-5-3-4-11(18)8-12)20-25(22,23)13-6-7-15(24-2)14(17)9-13/h3-10,20H,1-2H3,(H,19,21)/t10-/m0/s1. The van der Waals surface area contributed by atoms with Gasteiger partial charge in [-0.1, -0.05) is 17.7 Å². The lowest BCUT2D eigenvalue weighted by atomic mass is 10.3. The number of benzene rings is 2. The highest BCUT2D eigenvalue weighted by atomic mass is 35.5. The molecule has 9 heteroatoms. The fourth-order valence-corrected chi connectivity index (χ4v) is 3.54. The molecule has 1 amide bonds. The second-order valence-electron chi connectivity index (χ2n) is 5.14. The molecular formula is C16H16ClFN2O4S. The normalized spacial score (nSPS) is 12.5. The van der Waals surface area contributed by atoms with Crippen molar-refractivity contribution in [2.45, 2.75) is 17.9 Å². The number of ether oxygens (including phenoxy) is 1. The van der Waals surface area contributed by atoms with Crippen LogP contribution in [0.25, 0.3) is 0 Å². The Morgan fingerprint density at radius 1 is 1.24 bits per heavy atom. The highest BCUT2D eigenvalue weighted by molar-refractivity contribution is 7.89. The van der Waals surface area contributed by atoms with Gasteiger partial charge in [0.2, 0.25) is 15.9 Å². The molecule has 6 nitrogen and oxygen atoms in total. The first-order valence-corrected chi connectivity index (χ1v) is 9.01. The number of sulfonamides is 1. The van der Waals surface area contributed by atoms with E-state index in [1.54, 1.807) is 0 Å². The van der Waals surface area contributed by atoms with Gasteiger partial charge in [0.1, 0.15) is 11.6 Å². The lowest BCUT2D eigenvalue weighted by molar-refractivity contribution is -0.117. The van der Waals surface area contributed by atoms with E-state index in [1.165, 1.54) is 50.4 Å². The maximum Gasteiger partial charge on any atom is 0.242 e. The van der Waals surface area contributed by atoms with E-state index in [-0.39, 0.29) is 15.6 Å². The monoisotopic (exact) mass is 386 g/mol. The van der Waals surface area contributed by atoms with Crippen LogP contribution in [0, 0.1) is 5.82 Å². The predicted octanol–water partition coefficient (Wildman–Crippen LogP) is 2.79. The Bertz CT molecular complexity index is 889. The highest BCUT2D eigenvalue weighted by Gasteiger charge is 2.23. The smallest absolute Gasteiger partial charge is 0.242 e. The number of rotatable bonds is 6. The van der Waals surface area contributed by atoms with Crippen LogP contribution >= 0.6 is 11.6 Å². The number of carbonyl (C=O) groups excluding carboxylic acids is 1. The van der Waals surface area contributed by atoms with Crippen molar-refractivity contribution in [2.24, 2.45) is 0 Å². The third-order valence-corrected chi connectivity index (χ3v) is 5.08. The van der Waals surface area contributed by atoms with E-state index >= 15 is 0 Å². The van der Waals surface area contributed by atoms with Crippen molar-refractivity contribution in [3.05, 3.63) is 53.3 Å². The van der Waals surface area contributed by atoms with Crippen LogP contribution in [0.2, 0.25) is 5.02 Å². The van der Waals surface area contributed by atoms with Gasteiger partial charge in [0.05, 0.1) is 23.1 Å². The molecule has 2 aromatic rings. The zero-order valence-corrected chi connectivity index (χ0v) is 15.0. The van der Waals surface area contributed by atoms with Crippen molar-refractivity contribution in [2.75, 3.05) is 12.4 Å². The quantitative estimate of drug-likeness (QED) is 0.799. The van der Waals surface area contributed by atoms with Crippen molar-refractivity contribution < 1.29 is 22.3 Å². The zero-order chi connectivity index (χ0) is 18.6. The minimum absolute atomic E-state index is 0.108. The van der Waals surface area contributed by atoms with E-state index in [9.17, 15) is 17.6 Å². The van der Waals surface area contributed by atoms with E-state index in [0.29, 0.717) is 5.75 Å². The van der Waals surface area contributed by atoms with Crippen molar-refractivity contribution in [1.29, 1.82) is 0 Å². The summed E-state index contributed by atoms with van der Waals surface area (Å²) < 4.78 is 45.0. The van der Waals surface area contributed by atoms with Crippen molar-refractivity contribution >= 4 is 33.2 Å². The number of halogens is 2. The predicted molar refractivity (Wildman–Crippen MR) is 92.8 cm³/mol. The second-order valence-corrected chi connectivity index (χ2v) is 7.26. The number of hydrogen-bond donors (Lipinski definition) is 2. The van der Waals surface area contributed by atoms with E-state index in [0.717, 1.165) is 6.07 Å². The van der Waals surface area contributed by atoms with Gasteiger partial charge in [-0.05, 0) is 43.3 Å². The second kappa shape index (κ2) is 7.81. The molecule has 0 aromatic heterocycles. The molecule has 0 aliphatic carbocycles. The molecule has 0 aliphatic heterocycles. The molecule has 0 radical (unpaired) electrons. The lowest BCUT2D eigenvalue weighted by Crippen LogP contribution is -2.41. The average Bonchev–Trinajstić information content (AvgIpc) is 2.54. The summed E-state index contributed by atoms with van der Waals surface area (Å²) in [4.78, 5) is 12.0. The first-order chi connectivity index (χ1) is 11.7. The summed E-state index contributed by atoms with van der Waals surface area (Å²) in [5, 5.41) is 2.56. The van der Waals surface area contributed by atoms with Crippen LogP contribution in [0.1, 0.15) is 6.92 Å². The Kier molecular flexibility index (Phi) is 5.99. The molecule has 0 saturated heterocycles. The fraction of sp³-hybridized carbons (Fsp3) is 0.188. The van der Waals surface area contributed by atoms with Crippen LogP contribution in [0.15, 0.2) is 47.4 Å². The third kappa shape index (κ3) is 4.91. The Morgan fingerprint density at radius 2 is 1.96 bits per heavy atom. The van der Waals surface area contributed by atoms with E-state index in [1.807, 2.05) is 0 Å². The van der Waals surface area contributed by atoms with Gasteiger partial charge >= 0.3 is 0 Å². The van der Waals surface area contributed by atoms with Crippen LogP contribution in [0.4, 0.5) is 10.1 Å². The van der Waals surface area contributed by atoms with Crippen LogP contribution in [0.5, 0.6) is 5.75 Å². The van der Waals surface area contributed by atoms with Gasteiger partial charge in [-0.3, -0.25) is 4.79 Å². The molecule has 0 spiro atoms. The van der Waals surface area contributed by atoms with Gasteiger partial charge in [0.25, 0.3) is 0 Å². The summed E-state index contributed by atoms with van der Waals surface area (Å²) >= 11 is 5.92. The number of hydrogen-bond acceptors (Lipinski definition) is 4. The first-order valence-electron chi connectivity index (χ1n) is 7.15. The van der Waals surface area contributed by atoms with E-state index < -0.39 is 27.8 Å². The van der Waals surface area contributed by atoms with Crippen molar-refractivity contribution in [1.82, 2.24) is 4.72 Å². The Balaban J connectivity index is 2.11. The Morgan fingerprint density at radius 3 is 2.56 bits per heavy atom. The molecule has 0 unspecified atom stereocenters. The summed E-state index contributed by atoms with van der Waals surface area (Å²) in [5.41, 5.74) is 0.225. The first kappa shape index (κ1) is 19.2. The van der Waals surface area contributed by atoms with Gasteiger partial charge in [0.15, 0.2) is 0 Å². The molecule has 2 N–H and O–H groups in total. The van der Waals surface area contributed by atoms with Gasteiger partial charge < -0.3 is 10.1 Å². The zero-order valence-electron chi connectivity index (χ0n) is 13.4. The Hall–Kier alpha value is -2.16. The number of methoxy groups -OCH3 is 1. The summed E-state index contributed by atoms with van der Waals surface area (Å²) in [6.07, 6.45) is 0. The molecule has 0 bridgehead atoms. The highest BCUT2D eigenvalue weighted by Crippen LogP contribution is 2.26. The van der Waals surface area contributed by atoms with Gasteiger partial charge in [-0.25, -0.2) is 12.8 Å². The molecule has 25 heavy (non-hydrogen) atoms. The summed E-state index contributed by atoms with van der Waals surface area (Å²) in [7, 11) is -2.57. The van der Waals surface area contributed by atoms with Crippen LogP contribution in [-0.2, 0) is 14.8 Å². The molecule has 134 valence electrons. The molecule has 0 heterocycles. The summed E-state index contributed by atoms with van der Waals surface area (Å²) in [6.45, 7) is 1.37. The minimum Gasteiger partial charge on any atom is -0.495 e. The van der Waals surface area contributed by atoms with E-state index in [4.69, 9.17) is 16.3 Å². The summed E-state index contributed by atoms with van der Waals surface area (Å²) in [5.74, 6) is -0.815. The van der Waals surface area contributed by atoms with Gasteiger partial charge in [0, 0.05) is 5.69 Å². The van der Waals surface area contributed by atoms with Gasteiger partial charge in [-0.2, -0.15) is 4.72 Å². The maximum absolute atomic E-state index is 13.1. The number of amides is 1. The molecule has 0 fully saturated rings. The Labute approximate surface area is 150 Å². The van der Waals surface area contributed by atoms with Gasteiger partial charge in [-0.15, -0.1) is 0 Å². The van der Waals surface area contributed by atoms with Crippen LogP contribution in [-0.4, -0.2) is 27.5 Å². The van der Waals surface area contributed by atoms with Crippen molar-refractivity contribution in [3.63, 3.8) is 0 Å².